The standard InChI is InChI=1S/C9H14N2O/c1-6(2)12-8-5-10-11-9(8)7-3-4-7/h5-7H,3-4H2,1-2H3,(H,10,11). The molecule has 0 saturated heterocycles. The number of aromatic nitrogens is 2. The normalized spacial score (nSPS) is 16.9. The molecule has 0 atom stereocenters. The quantitative estimate of drug-likeness (QED) is 0.746. The predicted octanol–water partition coefficient (Wildman–Crippen LogP) is 2.07. The van der Waals surface area contributed by atoms with Gasteiger partial charge in [-0.3, -0.25) is 5.10 Å². The van der Waals surface area contributed by atoms with E-state index in [-0.39, 0.29) is 6.10 Å². The molecule has 1 fully saturated rings. The fourth-order valence-electron chi connectivity index (χ4n) is 1.30. The van der Waals surface area contributed by atoms with Crippen LogP contribution >= 0.6 is 0 Å². The van der Waals surface area contributed by atoms with E-state index in [4.69, 9.17) is 4.74 Å². The number of ether oxygens (including phenoxy) is 1. The maximum absolute atomic E-state index is 5.59. The van der Waals surface area contributed by atoms with Gasteiger partial charge in [-0.1, -0.05) is 0 Å². The monoisotopic (exact) mass is 166 g/mol. The minimum atomic E-state index is 0.236. The molecule has 1 aliphatic carbocycles. The molecule has 0 bridgehead atoms. The summed E-state index contributed by atoms with van der Waals surface area (Å²) in [4.78, 5) is 0. The molecule has 0 unspecified atom stereocenters. The summed E-state index contributed by atoms with van der Waals surface area (Å²) in [6.07, 6.45) is 4.56. The van der Waals surface area contributed by atoms with Crippen molar-refractivity contribution in [3.8, 4) is 5.75 Å². The Morgan fingerprint density at radius 1 is 1.58 bits per heavy atom. The van der Waals surface area contributed by atoms with Gasteiger partial charge in [0.25, 0.3) is 0 Å². The molecule has 1 N–H and O–H groups in total. The van der Waals surface area contributed by atoms with Crippen LogP contribution in [0.5, 0.6) is 5.75 Å². The highest BCUT2D eigenvalue weighted by Crippen LogP contribution is 2.43. The molecule has 0 amide bonds. The molecule has 0 aromatic carbocycles. The zero-order valence-corrected chi connectivity index (χ0v) is 7.50. The Bertz CT molecular complexity index is 263. The highest BCUT2D eigenvalue weighted by atomic mass is 16.5. The zero-order chi connectivity index (χ0) is 8.55. The number of H-pyrrole nitrogens is 1. The van der Waals surface area contributed by atoms with E-state index < -0.39 is 0 Å². The molecule has 1 aromatic heterocycles. The van der Waals surface area contributed by atoms with Gasteiger partial charge in [0.05, 0.1) is 18.0 Å². The average Bonchev–Trinajstić information content (AvgIpc) is 2.73. The second-order valence-electron chi connectivity index (χ2n) is 3.59. The predicted molar refractivity (Wildman–Crippen MR) is 46.3 cm³/mol. The largest absolute Gasteiger partial charge is 0.487 e. The molecule has 3 nitrogen and oxygen atoms in total. The Balaban J connectivity index is 2.13. The van der Waals surface area contributed by atoms with Gasteiger partial charge < -0.3 is 4.74 Å². The Kier molecular flexibility index (Phi) is 1.79. The van der Waals surface area contributed by atoms with Crippen LogP contribution in [0.15, 0.2) is 6.20 Å². The van der Waals surface area contributed by atoms with Gasteiger partial charge >= 0.3 is 0 Å². The van der Waals surface area contributed by atoms with Crippen molar-refractivity contribution in [2.45, 2.75) is 38.7 Å². The molecule has 2 rings (SSSR count). The zero-order valence-electron chi connectivity index (χ0n) is 7.50. The Labute approximate surface area is 72.1 Å². The van der Waals surface area contributed by atoms with Gasteiger partial charge in [-0.15, -0.1) is 0 Å². The Morgan fingerprint density at radius 2 is 2.33 bits per heavy atom. The summed E-state index contributed by atoms with van der Waals surface area (Å²) in [5, 5.41) is 6.98. The van der Waals surface area contributed by atoms with Crippen molar-refractivity contribution >= 4 is 0 Å². The molecular weight excluding hydrogens is 152 g/mol. The highest BCUT2D eigenvalue weighted by Gasteiger charge is 2.28. The molecule has 1 saturated carbocycles. The number of hydrogen-bond donors (Lipinski definition) is 1. The van der Waals surface area contributed by atoms with Crippen molar-refractivity contribution in [1.82, 2.24) is 10.2 Å². The van der Waals surface area contributed by atoms with E-state index in [9.17, 15) is 0 Å². The number of hydrogen-bond acceptors (Lipinski definition) is 2. The van der Waals surface area contributed by atoms with Gasteiger partial charge in [-0.05, 0) is 26.7 Å². The minimum Gasteiger partial charge on any atom is -0.487 e. The molecule has 66 valence electrons. The maximum Gasteiger partial charge on any atom is 0.160 e. The van der Waals surface area contributed by atoms with Crippen molar-refractivity contribution in [2.75, 3.05) is 0 Å². The molecule has 0 spiro atoms. The molecule has 0 radical (unpaired) electrons. The number of nitrogens with zero attached hydrogens (tertiary/aromatic N) is 1. The molecule has 0 aliphatic heterocycles. The van der Waals surface area contributed by atoms with Gasteiger partial charge in [-0.25, -0.2) is 0 Å². The van der Waals surface area contributed by atoms with Crippen LogP contribution in [0, 0.1) is 0 Å². The lowest BCUT2D eigenvalue weighted by molar-refractivity contribution is 0.240. The first-order valence-corrected chi connectivity index (χ1v) is 4.47. The number of aromatic amines is 1. The fraction of sp³-hybridized carbons (Fsp3) is 0.667. The van der Waals surface area contributed by atoms with Crippen LogP contribution in [0.2, 0.25) is 0 Å². The van der Waals surface area contributed by atoms with Crippen molar-refractivity contribution in [3.05, 3.63) is 11.9 Å². The van der Waals surface area contributed by atoms with Crippen molar-refractivity contribution in [3.63, 3.8) is 0 Å². The third kappa shape index (κ3) is 1.44. The molecule has 12 heavy (non-hydrogen) atoms. The van der Waals surface area contributed by atoms with Crippen molar-refractivity contribution in [2.24, 2.45) is 0 Å². The lowest BCUT2D eigenvalue weighted by Gasteiger charge is -2.08. The van der Waals surface area contributed by atoms with Crippen molar-refractivity contribution in [1.29, 1.82) is 0 Å². The molecular formula is C9H14N2O. The summed E-state index contributed by atoms with van der Waals surface area (Å²) >= 11 is 0. The van der Waals surface area contributed by atoms with E-state index >= 15 is 0 Å². The first-order valence-electron chi connectivity index (χ1n) is 4.47. The second kappa shape index (κ2) is 2.81. The van der Waals surface area contributed by atoms with Crippen LogP contribution in [0.4, 0.5) is 0 Å². The van der Waals surface area contributed by atoms with E-state index in [0.29, 0.717) is 5.92 Å². The first-order chi connectivity index (χ1) is 5.77. The summed E-state index contributed by atoms with van der Waals surface area (Å²) in [7, 11) is 0. The van der Waals surface area contributed by atoms with Gasteiger partial charge in [-0.2, -0.15) is 5.10 Å². The minimum absolute atomic E-state index is 0.236. The second-order valence-corrected chi connectivity index (χ2v) is 3.59. The Morgan fingerprint density at radius 3 is 2.92 bits per heavy atom. The summed E-state index contributed by atoms with van der Waals surface area (Å²) in [6, 6.07) is 0. The van der Waals surface area contributed by atoms with Crippen LogP contribution in [0.1, 0.15) is 38.3 Å². The fourth-order valence-corrected chi connectivity index (χ4v) is 1.30. The van der Waals surface area contributed by atoms with Gasteiger partial charge in [0.15, 0.2) is 5.75 Å². The highest BCUT2D eigenvalue weighted by molar-refractivity contribution is 5.30. The summed E-state index contributed by atoms with van der Waals surface area (Å²) < 4.78 is 5.59. The van der Waals surface area contributed by atoms with Gasteiger partial charge in [0, 0.05) is 5.92 Å². The number of nitrogens with one attached hydrogen (secondary N) is 1. The third-order valence-corrected chi connectivity index (χ3v) is 1.98. The van der Waals surface area contributed by atoms with E-state index in [2.05, 4.69) is 10.2 Å². The lowest BCUT2D eigenvalue weighted by Crippen LogP contribution is -2.06. The summed E-state index contributed by atoms with van der Waals surface area (Å²) in [5.74, 6) is 1.62. The lowest BCUT2D eigenvalue weighted by atomic mass is 10.3. The summed E-state index contributed by atoms with van der Waals surface area (Å²) in [6.45, 7) is 4.06. The van der Waals surface area contributed by atoms with E-state index in [0.717, 1.165) is 5.75 Å². The molecule has 1 aromatic rings. The topological polar surface area (TPSA) is 37.9 Å². The average molecular weight is 166 g/mol. The van der Waals surface area contributed by atoms with Crippen LogP contribution in [-0.4, -0.2) is 16.3 Å². The third-order valence-electron chi connectivity index (χ3n) is 1.98. The van der Waals surface area contributed by atoms with E-state index in [1.807, 2.05) is 13.8 Å². The number of rotatable bonds is 3. The van der Waals surface area contributed by atoms with E-state index in [1.54, 1.807) is 6.20 Å². The van der Waals surface area contributed by atoms with Gasteiger partial charge in [0.2, 0.25) is 0 Å². The van der Waals surface area contributed by atoms with Crippen LogP contribution < -0.4 is 4.74 Å². The van der Waals surface area contributed by atoms with E-state index in [1.165, 1.54) is 18.5 Å². The molecule has 1 heterocycles. The molecule has 1 aliphatic rings. The molecule has 3 heteroatoms. The first kappa shape index (κ1) is 7.65. The maximum atomic E-state index is 5.59. The van der Waals surface area contributed by atoms with Crippen LogP contribution in [0.25, 0.3) is 0 Å². The SMILES string of the molecule is CC(C)Oc1cn[nH]c1C1CC1. The Hall–Kier alpha value is -0.990. The van der Waals surface area contributed by atoms with Gasteiger partial charge in [0.1, 0.15) is 0 Å². The van der Waals surface area contributed by atoms with Crippen LogP contribution in [-0.2, 0) is 0 Å². The van der Waals surface area contributed by atoms with Crippen LogP contribution in [0.3, 0.4) is 0 Å². The van der Waals surface area contributed by atoms with Crippen molar-refractivity contribution < 1.29 is 4.74 Å². The smallest absolute Gasteiger partial charge is 0.160 e. The summed E-state index contributed by atoms with van der Waals surface area (Å²) in [5.41, 5.74) is 1.18.